The zero-order valence-electron chi connectivity index (χ0n) is 16.7. The fourth-order valence-corrected chi connectivity index (χ4v) is 3.67. The van der Waals surface area contributed by atoms with Crippen LogP contribution in [-0.4, -0.2) is 37.4 Å². The Kier molecular flexibility index (Phi) is 4.59. The molecule has 0 aliphatic carbocycles. The van der Waals surface area contributed by atoms with E-state index in [0.717, 1.165) is 44.8 Å². The minimum Gasteiger partial charge on any atom is -0.493 e. The second-order valence-electron chi connectivity index (χ2n) is 6.88. The molecule has 1 aliphatic rings. The standard InChI is InChI=1S/C24H20N2O4/c1-27-20-7-5-17(13-22(20)28-2)24-18-11-15(3-6-19(18)25-14-26-24)16-4-8-21-23(12-16)30-10-9-29-21/h3-8,11-14H,9-10H2,1-2H3. The molecule has 1 aromatic heterocycles. The number of nitrogens with zero attached hydrogens (tertiary/aromatic N) is 2. The van der Waals surface area contributed by atoms with Crippen LogP contribution in [0.1, 0.15) is 0 Å². The lowest BCUT2D eigenvalue weighted by molar-refractivity contribution is 0.171. The Balaban J connectivity index is 1.63. The van der Waals surface area contributed by atoms with Crippen LogP contribution in [-0.2, 0) is 0 Å². The van der Waals surface area contributed by atoms with Crippen LogP contribution in [0, 0.1) is 0 Å². The van der Waals surface area contributed by atoms with Crippen molar-refractivity contribution in [3.8, 4) is 45.4 Å². The Morgan fingerprint density at radius 2 is 1.43 bits per heavy atom. The van der Waals surface area contributed by atoms with Crippen LogP contribution in [0.3, 0.4) is 0 Å². The third-order valence-corrected chi connectivity index (χ3v) is 5.17. The molecule has 0 radical (unpaired) electrons. The minimum absolute atomic E-state index is 0.561. The number of hydrogen-bond acceptors (Lipinski definition) is 6. The average Bonchev–Trinajstić information content (AvgIpc) is 2.82. The molecule has 150 valence electrons. The largest absolute Gasteiger partial charge is 0.493 e. The molecule has 3 aromatic carbocycles. The van der Waals surface area contributed by atoms with E-state index >= 15 is 0 Å². The lowest BCUT2D eigenvalue weighted by atomic mass is 9.99. The predicted octanol–water partition coefficient (Wildman–Crippen LogP) is 4.75. The van der Waals surface area contributed by atoms with Gasteiger partial charge in [-0.05, 0) is 53.6 Å². The average molecular weight is 400 g/mol. The number of benzene rings is 3. The van der Waals surface area contributed by atoms with E-state index in [1.807, 2.05) is 42.5 Å². The number of aromatic nitrogens is 2. The second kappa shape index (κ2) is 7.55. The normalized spacial score (nSPS) is 12.6. The van der Waals surface area contributed by atoms with Gasteiger partial charge in [0, 0.05) is 10.9 Å². The Labute approximate surface area is 174 Å². The monoisotopic (exact) mass is 400 g/mol. The molecular formula is C24H20N2O4. The van der Waals surface area contributed by atoms with E-state index in [2.05, 4.69) is 22.1 Å². The molecule has 0 saturated heterocycles. The summed E-state index contributed by atoms with van der Waals surface area (Å²) in [6, 6.07) is 17.9. The van der Waals surface area contributed by atoms with Crippen LogP contribution in [0.25, 0.3) is 33.3 Å². The van der Waals surface area contributed by atoms with Gasteiger partial charge < -0.3 is 18.9 Å². The lowest BCUT2D eigenvalue weighted by Gasteiger charge is -2.19. The predicted molar refractivity (Wildman–Crippen MR) is 115 cm³/mol. The lowest BCUT2D eigenvalue weighted by Crippen LogP contribution is -2.15. The van der Waals surface area contributed by atoms with Gasteiger partial charge in [0.25, 0.3) is 0 Å². The first-order valence-electron chi connectivity index (χ1n) is 9.64. The van der Waals surface area contributed by atoms with Crippen molar-refractivity contribution in [1.82, 2.24) is 9.97 Å². The van der Waals surface area contributed by atoms with Crippen molar-refractivity contribution < 1.29 is 18.9 Å². The van der Waals surface area contributed by atoms with Gasteiger partial charge in [0.2, 0.25) is 0 Å². The summed E-state index contributed by atoms with van der Waals surface area (Å²) >= 11 is 0. The first-order chi connectivity index (χ1) is 14.8. The summed E-state index contributed by atoms with van der Waals surface area (Å²) in [4.78, 5) is 9.00. The SMILES string of the molecule is COc1ccc(-c2ncnc3ccc(-c4ccc5c(c4)OCCO5)cc23)cc1OC. The van der Waals surface area contributed by atoms with Crippen molar-refractivity contribution in [3.05, 3.63) is 60.9 Å². The summed E-state index contributed by atoms with van der Waals surface area (Å²) in [5.74, 6) is 2.88. The van der Waals surface area contributed by atoms with Crippen molar-refractivity contribution in [2.45, 2.75) is 0 Å². The zero-order valence-corrected chi connectivity index (χ0v) is 16.7. The van der Waals surface area contributed by atoms with Gasteiger partial charge >= 0.3 is 0 Å². The van der Waals surface area contributed by atoms with Crippen molar-refractivity contribution in [3.63, 3.8) is 0 Å². The Hall–Kier alpha value is -3.80. The van der Waals surface area contributed by atoms with Crippen molar-refractivity contribution >= 4 is 10.9 Å². The maximum Gasteiger partial charge on any atom is 0.161 e. The fourth-order valence-electron chi connectivity index (χ4n) is 3.67. The molecule has 0 fully saturated rings. The number of methoxy groups -OCH3 is 2. The maximum absolute atomic E-state index is 5.74. The molecule has 1 aliphatic heterocycles. The highest BCUT2D eigenvalue weighted by Crippen LogP contribution is 2.37. The van der Waals surface area contributed by atoms with E-state index in [-0.39, 0.29) is 0 Å². The highest BCUT2D eigenvalue weighted by atomic mass is 16.6. The summed E-state index contributed by atoms with van der Waals surface area (Å²) in [6.45, 7) is 1.14. The fraction of sp³-hybridized carbons (Fsp3) is 0.167. The molecule has 0 unspecified atom stereocenters. The van der Waals surface area contributed by atoms with E-state index < -0.39 is 0 Å². The molecular weight excluding hydrogens is 380 g/mol. The third kappa shape index (κ3) is 3.16. The number of rotatable bonds is 4. The Bertz CT molecular complexity index is 1240. The summed E-state index contributed by atoms with van der Waals surface area (Å²) in [5.41, 5.74) is 4.73. The van der Waals surface area contributed by atoms with Crippen LogP contribution in [0.15, 0.2) is 60.9 Å². The molecule has 6 nitrogen and oxygen atoms in total. The van der Waals surface area contributed by atoms with Gasteiger partial charge in [-0.25, -0.2) is 9.97 Å². The molecule has 30 heavy (non-hydrogen) atoms. The molecule has 0 N–H and O–H groups in total. The molecule has 0 amide bonds. The summed E-state index contributed by atoms with van der Waals surface area (Å²) in [7, 11) is 3.25. The minimum atomic E-state index is 0.561. The van der Waals surface area contributed by atoms with Crippen LogP contribution in [0.5, 0.6) is 23.0 Å². The highest BCUT2D eigenvalue weighted by molar-refractivity contribution is 5.95. The molecule has 0 bridgehead atoms. The van der Waals surface area contributed by atoms with Gasteiger partial charge in [-0.3, -0.25) is 0 Å². The first kappa shape index (κ1) is 18.2. The first-order valence-corrected chi connectivity index (χ1v) is 9.64. The van der Waals surface area contributed by atoms with Crippen LogP contribution in [0.4, 0.5) is 0 Å². The van der Waals surface area contributed by atoms with Crippen molar-refractivity contribution in [2.75, 3.05) is 27.4 Å². The van der Waals surface area contributed by atoms with E-state index in [9.17, 15) is 0 Å². The number of fused-ring (bicyclic) bond motifs is 2. The zero-order chi connectivity index (χ0) is 20.5. The van der Waals surface area contributed by atoms with E-state index in [1.165, 1.54) is 0 Å². The van der Waals surface area contributed by atoms with Gasteiger partial charge in [-0.2, -0.15) is 0 Å². The third-order valence-electron chi connectivity index (χ3n) is 5.17. The number of hydrogen-bond donors (Lipinski definition) is 0. The molecule has 0 saturated carbocycles. The van der Waals surface area contributed by atoms with E-state index in [1.54, 1.807) is 20.5 Å². The van der Waals surface area contributed by atoms with Crippen LogP contribution < -0.4 is 18.9 Å². The van der Waals surface area contributed by atoms with E-state index in [4.69, 9.17) is 18.9 Å². The van der Waals surface area contributed by atoms with Gasteiger partial charge in [-0.1, -0.05) is 12.1 Å². The van der Waals surface area contributed by atoms with Gasteiger partial charge in [0.1, 0.15) is 19.5 Å². The number of ether oxygens (including phenoxy) is 4. The smallest absolute Gasteiger partial charge is 0.161 e. The van der Waals surface area contributed by atoms with Gasteiger partial charge in [0.15, 0.2) is 23.0 Å². The summed E-state index contributed by atoms with van der Waals surface area (Å²) in [6.07, 6.45) is 1.58. The van der Waals surface area contributed by atoms with Gasteiger partial charge in [-0.15, -0.1) is 0 Å². The summed E-state index contributed by atoms with van der Waals surface area (Å²) in [5, 5.41) is 0.956. The molecule has 2 heterocycles. The van der Waals surface area contributed by atoms with Crippen molar-refractivity contribution in [2.24, 2.45) is 0 Å². The topological polar surface area (TPSA) is 62.7 Å². The molecule has 0 spiro atoms. The Morgan fingerprint density at radius 3 is 2.27 bits per heavy atom. The van der Waals surface area contributed by atoms with Crippen LogP contribution >= 0.6 is 0 Å². The Morgan fingerprint density at radius 1 is 0.700 bits per heavy atom. The molecule has 0 atom stereocenters. The second-order valence-corrected chi connectivity index (χ2v) is 6.88. The molecule has 5 rings (SSSR count). The maximum atomic E-state index is 5.74. The van der Waals surface area contributed by atoms with Gasteiger partial charge in [0.05, 0.1) is 25.4 Å². The van der Waals surface area contributed by atoms with E-state index in [0.29, 0.717) is 24.7 Å². The van der Waals surface area contributed by atoms with Crippen LogP contribution in [0.2, 0.25) is 0 Å². The highest BCUT2D eigenvalue weighted by Gasteiger charge is 2.14. The molecule has 4 aromatic rings. The molecule has 6 heteroatoms. The van der Waals surface area contributed by atoms with Crippen molar-refractivity contribution in [1.29, 1.82) is 0 Å². The summed E-state index contributed by atoms with van der Waals surface area (Å²) < 4.78 is 22.2. The quantitative estimate of drug-likeness (QED) is 0.493.